The number of hydrogen-bond donors (Lipinski definition) is 2. The second-order valence-corrected chi connectivity index (χ2v) is 6.14. The third-order valence-electron chi connectivity index (χ3n) is 4.60. The van der Waals surface area contributed by atoms with Crippen LogP contribution in [0.5, 0.6) is 0 Å². The molecule has 1 amide bonds. The van der Waals surface area contributed by atoms with Gasteiger partial charge in [0, 0.05) is 13.2 Å². The van der Waals surface area contributed by atoms with Crippen LogP contribution in [0.1, 0.15) is 61.3 Å². The van der Waals surface area contributed by atoms with E-state index in [1.807, 2.05) is 13.8 Å². The Morgan fingerprint density at radius 3 is 2.45 bits per heavy atom. The maximum Gasteiger partial charge on any atom is 0.255 e. The summed E-state index contributed by atoms with van der Waals surface area (Å²) in [4.78, 5) is 21.0. The number of amides is 1. The molecule has 1 aliphatic rings. The van der Waals surface area contributed by atoms with Crippen LogP contribution in [0.2, 0.25) is 0 Å². The van der Waals surface area contributed by atoms with E-state index in [0.717, 1.165) is 49.9 Å². The van der Waals surface area contributed by atoms with Gasteiger partial charge in [0.1, 0.15) is 6.33 Å². The van der Waals surface area contributed by atoms with Crippen molar-refractivity contribution in [2.45, 2.75) is 52.4 Å². The molecule has 0 unspecified atom stereocenters. The molecule has 0 aromatic carbocycles. The Morgan fingerprint density at radius 2 is 1.86 bits per heavy atom. The standard InChI is InChI=1S/C17H27N3O2/c1-3-14-16(15(4-2)20-11-19-14)17(22)18-9-12-6-5-7-13(8-12)10-21/h11-13,21H,3-10H2,1-2H3,(H,18,22)/t12-,13+/m0/s1. The van der Waals surface area contributed by atoms with Gasteiger partial charge in [-0.15, -0.1) is 0 Å². The van der Waals surface area contributed by atoms with Gasteiger partial charge < -0.3 is 10.4 Å². The normalized spacial score (nSPS) is 21.6. The summed E-state index contributed by atoms with van der Waals surface area (Å²) in [7, 11) is 0. The van der Waals surface area contributed by atoms with Crippen molar-refractivity contribution in [3.05, 3.63) is 23.3 Å². The highest BCUT2D eigenvalue weighted by molar-refractivity contribution is 5.96. The molecule has 0 aliphatic heterocycles. The van der Waals surface area contributed by atoms with Gasteiger partial charge in [-0.3, -0.25) is 4.79 Å². The first kappa shape index (κ1) is 16.9. The number of nitrogens with one attached hydrogen (secondary N) is 1. The minimum absolute atomic E-state index is 0.0552. The molecule has 5 nitrogen and oxygen atoms in total. The largest absolute Gasteiger partial charge is 0.396 e. The third kappa shape index (κ3) is 4.03. The molecule has 22 heavy (non-hydrogen) atoms. The molecule has 2 atom stereocenters. The number of aryl methyl sites for hydroxylation is 2. The molecular weight excluding hydrogens is 278 g/mol. The van der Waals surface area contributed by atoms with Crippen molar-refractivity contribution >= 4 is 5.91 Å². The lowest BCUT2D eigenvalue weighted by atomic mass is 9.82. The number of nitrogens with zero attached hydrogens (tertiary/aromatic N) is 2. The molecule has 1 aliphatic carbocycles. The summed E-state index contributed by atoms with van der Waals surface area (Å²) in [5, 5.41) is 12.4. The van der Waals surface area contributed by atoms with Crippen LogP contribution in [-0.4, -0.2) is 34.1 Å². The van der Waals surface area contributed by atoms with E-state index < -0.39 is 0 Å². The molecule has 0 spiro atoms. The molecule has 2 rings (SSSR count). The molecule has 122 valence electrons. The van der Waals surface area contributed by atoms with Crippen molar-refractivity contribution < 1.29 is 9.90 Å². The predicted octanol–water partition coefficient (Wildman–Crippen LogP) is 2.13. The van der Waals surface area contributed by atoms with Gasteiger partial charge in [0.25, 0.3) is 5.91 Å². The van der Waals surface area contributed by atoms with Crippen LogP contribution in [0.25, 0.3) is 0 Å². The van der Waals surface area contributed by atoms with Gasteiger partial charge in [0.05, 0.1) is 17.0 Å². The Hall–Kier alpha value is -1.49. The number of carbonyl (C=O) groups is 1. The van der Waals surface area contributed by atoms with Gasteiger partial charge in [0.15, 0.2) is 0 Å². The highest BCUT2D eigenvalue weighted by Gasteiger charge is 2.23. The first-order valence-electron chi connectivity index (χ1n) is 8.41. The van der Waals surface area contributed by atoms with Crippen LogP contribution in [0.15, 0.2) is 6.33 Å². The Bertz CT molecular complexity index is 482. The smallest absolute Gasteiger partial charge is 0.255 e. The first-order valence-corrected chi connectivity index (χ1v) is 8.41. The van der Waals surface area contributed by atoms with E-state index >= 15 is 0 Å². The predicted molar refractivity (Wildman–Crippen MR) is 85.7 cm³/mol. The highest BCUT2D eigenvalue weighted by Crippen LogP contribution is 2.28. The average molecular weight is 305 g/mol. The molecule has 0 saturated heterocycles. The number of hydrogen-bond acceptors (Lipinski definition) is 4. The number of aliphatic hydroxyl groups is 1. The van der Waals surface area contributed by atoms with Gasteiger partial charge >= 0.3 is 0 Å². The average Bonchev–Trinajstić information content (AvgIpc) is 2.58. The molecule has 1 fully saturated rings. The highest BCUT2D eigenvalue weighted by atomic mass is 16.3. The zero-order chi connectivity index (χ0) is 15.9. The monoisotopic (exact) mass is 305 g/mol. The van der Waals surface area contributed by atoms with E-state index in [2.05, 4.69) is 15.3 Å². The molecule has 1 aromatic heterocycles. The lowest BCUT2D eigenvalue weighted by molar-refractivity contribution is 0.0931. The van der Waals surface area contributed by atoms with E-state index in [1.54, 1.807) is 6.33 Å². The molecule has 5 heteroatoms. The van der Waals surface area contributed by atoms with Gasteiger partial charge in [-0.2, -0.15) is 0 Å². The van der Waals surface area contributed by atoms with Gasteiger partial charge in [-0.05, 0) is 43.9 Å². The fraction of sp³-hybridized carbons (Fsp3) is 0.706. The van der Waals surface area contributed by atoms with Gasteiger partial charge in [-0.1, -0.05) is 20.3 Å². The summed E-state index contributed by atoms with van der Waals surface area (Å²) in [5.74, 6) is 0.808. The topological polar surface area (TPSA) is 75.1 Å². The molecule has 2 N–H and O–H groups in total. The first-order chi connectivity index (χ1) is 10.7. The summed E-state index contributed by atoms with van der Waals surface area (Å²) in [5.41, 5.74) is 2.30. The second-order valence-electron chi connectivity index (χ2n) is 6.14. The van der Waals surface area contributed by atoms with Crippen LogP contribution in [0.3, 0.4) is 0 Å². The van der Waals surface area contributed by atoms with E-state index in [0.29, 0.717) is 23.9 Å². The van der Waals surface area contributed by atoms with Crippen molar-refractivity contribution in [2.24, 2.45) is 11.8 Å². The summed E-state index contributed by atoms with van der Waals surface area (Å²) in [6, 6.07) is 0. The maximum atomic E-state index is 12.6. The summed E-state index contributed by atoms with van der Waals surface area (Å²) >= 11 is 0. The molecule has 0 radical (unpaired) electrons. The van der Waals surface area contributed by atoms with Crippen LogP contribution in [0.4, 0.5) is 0 Å². The molecular formula is C17H27N3O2. The Kier molecular flexibility index (Phi) is 6.31. The summed E-state index contributed by atoms with van der Waals surface area (Å²) in [6.07, 6.45) is 7.38. The zero-order valence-corrected chi connectivity index (χ0v) is 13.6. The Labute approximate surface area is 132 Å². The van der Waals surface area contributed by atoms with Crippen molar-refractivity contribution in [3.63, 3.8) is 0 Å². The lowest BCUT2D eigenvalue weighted by Crippen LogP contribution is -2.33. The summed E-state index contributed by atoms with van der Waals surface area (Å²) < 4.78 is 0. The van der Waals surface area contributed by atoms with Crippen molar-refractivity contribution in [1.29, 1.82) is 0 Å². The molecule has 0 bridgehead atoms. The zero-order valence-electron chi connectivity index (χ0n) is 13.6. The van der Waals surface area contributed by atoms with Crippen LogP contribution >= 0.6 is 0 Å². The van der Waals surface area contributed by atoms with Crippen molar-refractivity contribution in [1.82, 2.24) is 15.3 Å². The van der Waals surface area contributed by atoms with E-state index in [1.165, 1.54) is 0 Å². The van der Waals surface area contributed by atoms with Gasteiger partial charge in [0.2, 0.25) is 0 Å². The number of aliphatic hydroxyl groups excluding tert-OH is 1. The minimum Gasteiger partial charge on any atom is -0.396 e. The van der Waals surface area contributed by atoms with E-state index in [9.17, 15) is 9.90 Å². The quantitative estimate of drug-likeness (QED) is 0.844. The number of rotatable bonds is 6. The molecule has 1 saturated carbocycles. The fourth-order valence-corrected chi connectivity index (χ4v) is 3.34. The maximum absolute atomic E-state index is 12.6. The van der Waals surface area contributed by atoms with E-state index in [4.69, 9.17) is 0 Å². The SMILES string of the molecule is CCc1ncnc(CC)c1C(=O)NC[C@H]1CCC[C@@H](CO)C1. The molecule has 1 heterocycles. The Morgan fingerprint density at radius 1 is 1.23 bits per heavy atom. The van der Waals surface area contributed by atoms with Crippen LogP contribution in [0, 0.1) is 11.8 Å². The number of aromatic nitrogens is 2. The molecule has 1 aromatic rings. The lowest BCUT2D eigenvalue weighted by Gasteiger charge is -2.28. The number of carbonyl (C=O) groups excluding carboxylic acids is 1. The van der Waals surface area contributed by atoms with Gasteiger partial charge in [-0.25, -0.2) is 9.97 Å². The summed E-state index contributed by atoms with van der Waals surface area (Å²) in [6.45, 7) is 4.95. The minimum atomic E-state index is -0.0552. The van der Waals surface area contributed by atoms with Crippen molar-refractivity contribution in [2.75, 3.05) is 13.2 Å². The van der Waals surface area contributed by atoms with Crippen LogP contribution < -0.4 is 5.32 Å². The van der Waals surface area contributed by atoms with Crippen LogP contribution in [-0.2, 0) is 12.8 Å². The third-order valence-corrected chi connectivity index (χ3v) is 4.60. The second kappa shape index (κ2) is 8.22. The van der Waals surface area contributed by atoms with Crippen molar-refractivity contribution in [3.8, 4) is 0 Å². The Balaban J connectivity index is 2.00. The fourth-order valence-electron chi connectivity index (χ4n) is 3.34. The van der Waals surface area contributed by atoms with E-state index in [-0.39, 0.29) is 12.5 Å².